The molecule has 1 aromatic carbocycles. The van der Waals surface area contributed by atoms with Gasteiger partial charge in [-0.2, -0.15) is 5.26 Å². The number of nitriles is 1. The van der Waals surface area contributed by atoms with Crippen LogP contribution in [0.25, 0.3) is 0 Å². The maximum atomic E-state index is 12.7. The van der Waals surface area contributed by atoms with Crippen molar-refractivity contribution < 1.29 is 14.6 Å². The van der Waals surface area contributed by atoms with E-state index in [1.807, 2.05) is 6.92 Å². The topological polar surface area (TPSA) is 82.3 Å². The van der Waals surface area contributed by atoms with Crippen LogP contribution in [0.4, 0.5) is 0 Å². The minimum absolute atomic E-state index is 0.0266. The highest BCUT2D eigenvalue weighted by Gasteiger charge is 2.37. The molecule has 1 aliphatic carbocycles. The van der Waals surface area contributed by atoms with Crippen LogP contribution in [-0.4, -0.2) is 23.8 Å². The Hall–Kier alpha value is -2.65. The van der Waals surface area contributed by atoms with Crippen molar-refractivity contribution in [1.29, 1.82) is 5.26 Å². The lowest BCUT2D eigenvalue weighted by molar-refractivity contribution is -0.116. The Morgan fingerprint density at radius 2 is 2.26 bits per heavy atom. The number of benzene rings is 1. The summed E-state index contributed by atoms with van der Waals surface area (Å²) in [5, 5.41) is 24.0. The molecule has 1 atom stereocenters. The summed E-state index contributed by atoms with van der Waals surface area (Å²) in [5.41, 5.74) is 3.84. The first-order chi connectivity index (χ1) is 13.0. The molecule has 0 bridgehead atoms. The summed E-state index contributed by atoms with van der Waals surface area (Å²) in [6, 6.07) is 7.30. The number of hydrogen-bond acceptors (Lipinski definition) is 6. The van der Waals surface area contributed by atoms with Crippen molar-refractivity contribution in [2.45, 2.75) is 32.1 Å². The lowest BCUT2D eigenvalue weighted by atomic mass is 9.77. The Bertz CT molecular complexity index is 908. The fraction of sp³-hybridized carbons (Fsp3) is 0.333. The van der Waals surface area contributed by atoms with Gasteiger partial charge in [0, 0.05) is 23.4 Å². The van der Waals surface area contributed by atoms with E-state index in [1.54, 1.807) is 18.2 Å². The van der Waals surface area contributed by atoms with Crippen LogP contribution in [0.5, 0.6) is 11.5 Å². The number of nitrogens with one attached hydrogen (secondary N) is 1. The van der Waals surface area contributed by atoms with E-state index in [2.05, 4.69) is 18.0 Å². The highest BCUT2D eigenvalue weighted by atomic mass is 32.2. The molecule has 0 saturated carbocycles. The maximum absolute atomic E-state index is 12.7. The predicted molar refractivity (Wildman–Crippen MR) is 106 cm³/mol. The van der Waals surface area contributed by atoms with Crippen molar-refractivity contribution >= 4 is 17.5 Å². The van der Waals surface area contributed by atoms with Crippen molar-refractivity contribution in [3.05, 3.63) is 57.8 Å². The number of rotatable bonds is 5. The lowest BCUT2D eigenvalue weighted by Gasteiger charge is -2.33. The lowest BCUT2D eigenvalue weighted by Crippen LogP contribution is -2.31. The van der Waals surface area contributed by atoms with Crippen molar-refractivity contribution in [1.82, 2.24) is 5.32 Å². The van der Waals surface area contributed by atoms with Crippen molar-refractivity contribution in [3.63, 3.8) is 0 Å². The molecule has 1 aliphatic heterocycles. The molecular formula is C21H22N2O3S. The van der Waals surface area contributed by atoms with Gasteiger partial charge in [-0.1, -0.05) is 18.2 Å². The van der Waals surface area contributed by atoms with E-state index in [4.69, 9.17) is 4.74 Å². The molecule has 2 N–H and O–H groups in total. The second-order valence-corrected chi connectivity index (χ2v) is 7.74. The van der Waals surface area contributed by atoms with E-state index < -0.39 is 5.92 Å². The van der Waals surface area contributed by atoms with E-state index in [9.17, 15) is 15.2 Å². The number of methoxy groups -OCH3 is 1. The molecule has 0 radical (unpaired) electrons. The number of phenols is 1. The summed E-state index contributed by atoms with van der Waals surface area (Å²) < 4.78 is 5.23. The number of ketones is 1. The number of phenolic OH excluding ortho intramolecular Hbond substituents is 1. The van der Waals surface area contributed by atoms with Crippen LogP contribution in [0.3, 0.4) is 0 Å². The molecule has 6 heteroatoms. The third-order valence-corrected chi connectivity index (χ3v) is 5.91. The number of carbonyl (C=O) groups is 1. The minimum atomic E-state index is -0.457. The standard InChI is InChI=1S/C21H22N2O3S/c1-12(2)11-27-21-14(10-22)19(13-7-8-16(24)18(9-13)26-3)20-15(23-21)5-4-6-17(20)25/h7-9,19,23-24H,1,4-6,11H2,2-3H3/t19-/m1/s1. The van der Waals surface area contributed by atoms with E-state index in [0.717, 1.165) is 34.7 Å². The summed E-state index contributed by atoms with van der Waals surface area (Å²) >= 11 is 1.53. The molecule has 0 aromatic heterocycles. The number of allylic oxidation sites excluding steroid dienone is 3. The van der Waals surface area contributed by atoms with Gasteiger partial charge in [-0.25, -0.2) is 0 Å². The first-order valence-electron chi connectivity index (χ1n) is 8.77. The van der Waals surface area contributed by atoms with E-state index in [1.165, 1.54) is 18.9 Å². The SMILES string of the molecule is C=C(C)CSC1=C(C#N)[C@@H](c2ccc(O)c(OC)c2)C2=C(CCCC2=O)N1. The normalized spacial score (nSPS) is 19.3. The zero-order valence-corrected chi connectivity index (χ0v) is 16.3. The van der Waals surface area contributed by atoms with Crippen LogP contribution in [0, 0.1) is 11.3 Å². The number of carbonyl (C=O) groups excluding carboxylic acids is 1. The third kappa shape index (κ3) is 3.74. The monoisotopic (exact) mass is 382 g/mol. The van der Waals surface area contributed by atoms with E-state index in [0.29, 0.717) is 29.1 Å². The zero-order valence-electron chi connectivity index (χ0n) is 15.5. The summed E-state index contributed by atoms with van der Waals surface area (Å²) in [4.78, 5) is 12.7. The van der Waals surface area contributed by atoms with Gasteiger partial charge in [-0.05, 0) is 37.5 Å². The molecule has 3 rings (SSSR count). The molecular weight excluding hydrogens is 360 g/mol. The van der Waals surface area contributed by atoms with Gasteiger partial charge in [0.2, 0.25) is 0 Å². The number of ether oxygens (including phenoxy) is 1. The van der Waals surface area contributed by atoms with Crippen LogP contribution >= 0.6 is 11.8 Å². The van der Waals surface area contributed by atoms with Gasteiger partial charge in [-0.15, -0.1) is 11.8 Å². The first-order valence-corrected chi connectivity index (χ1v) is 9.76. The minimum Gasteiger partial charge on any atom is -0.504 e. The second kappa shape index (κ2) is 7.93. The maximum Gasteiger partial charge on any atom is 0.161 e. The Morgan fingerprint density at radius 3 is 2.93 bits per heavy atom. The molecule has 0 amide bonds. The van der Waals surface area contributed by atoms with Gasteiger partial charge in [-0.3, -0.25) is 4.79 Å². The first kappa shape index (κ1) is 19.1. The predicted octanol–water partition coefficient (Wildman–Crippen LogP) is 4.14. The van der Waals surface area contributed by atoms with Crippen LogP contribution < -0.4 is 10.1 Å². The number of aromatic hydroxyl groups is 1. The van der Waals surface area contributed by atoms with Crippen molar-refractivity contribution in [2.75, 3.05) is 12.9 Å². The largest absolute Gasteiger partial charge is 0.504 e. The highest BCUT2D eigenvalue weighted by molar-refractivity contribution is 8.03. The average Bonchev–Trinajstić information content (AvgIpc) is 2.65. The van der Waals surface area contributed by atoms with Gasteiger partial charge in [0.15, 0.2) is 17.3 Å². The fourth-order valence-corrected chi connectivity index (χ4v) is 4.34. The molecule has 1 aromatic rings. The molecule has 140 valence electrons. The average molecular weight is 382 g/mol. The molecule has 2 aliphatic rings. The second-order valence-electron chi connectivity index (χ2n) is 6.76. The molecule has 0 unspecified atom stereocenters. The fourth-order valence-electron chi connectivity index (χ4n) is 3.44. The quantitative estimate of drug-likeness (QED) is 0.745. The van der Waals surface area contributed by atoms with Gasteiger partial charge in [0.25, 0.3) is 0 Å². The Morgan fingerprint density at radius 1 is 1.48 bits per heavy atom. The highest BCUT2D eigenvalue weighted by Crippen LogP contribution is 2.45. The summed E-state index contributed by atoms with van der Waals surface area (Å²) in [7, 11) is 1.48. The van der Waals surface area contributed by atoms with Crippen LogP contribution in [-0.2, 0) is 4.79 Å². The summed E-state index contributed by atoms with van der Waals surface area (Å²) in [6.45, 7) is 5.87. The number of dihydropyridines is 1. The molecule has 27 heavy (non-hydrogen) atoms. The van der Waals surface area contributed by atoms with Crippen LogP contribution in [0.2, 0.25) is 0 Å². The molecule has 0 spiro atoms. The Kier molecular flexibility index (Phi) is 5.62. The third-order valence-electron chi connectivity index (χ3n) is 4.66. The van der Waals surface area contributed by atoms with Gasteiger partial charge >= 0.3 is 0 Å². The molecule has 1 heterocycles. The van der Waals surface area contributed by atoms with Crippen molar-refractivity contribution in [2.24, 2.45) is 0 Å². The van der Waals surface area contributed by atoms with Crippen molar-refractivity contribution in [3.8, 4) is 17.6 Å². The molecule has 0 fully saturated rings. The Balaban J connectivity index is 2.15. The van der Waals surface area contributed by atoms with E-state index >= 15 is 0 Å². The zero-order chi connectivity index (χ0) is 19.6. The smallest absolute Gasteiger partial charge is 0.161 e. The summed E-state index contributed by atoms with van der Waals surface area (Å²) in [6.07, 6.45) is 2.07. The van der Waals surface area contributed by atoms with E-state index in [-0.39, 0.29) is 11.5 Å². The molecule has 0 saturated heterocycles. The van der Waals surface area contributed by atoms with Gasteiger partial charge in [0.05, 0.1) is 29.7 Å². The summed E-state index contributed by atoms with van der Waals surface area (Å²) in [5.74, 6) is 0.651. The van der Waals surface area contributed by atoms with Crippen LogP contribution in [0.1, 0.15) is 37.7 Å². The van der Waals surface area contributed by atoms with Crippen LogP contribution in [0.15, 0.2) is 52.2 Å². The number of thioether (sulfide) groups is 1. The Labute approximate surface area is 163 Å². The molecule has 5 nitrogen and oxygen atoms in total. The van der Waals surface area contributed by atoms with Gasteiger partial charge in [0.1, 0.15) is 0 Å². The van der Waals surface area contributed by atoms with Gasteiger partial charge < -0.3 is 15.2 Å². The number of nitrogens with zero attached hydrogens (tertiary/aromatic N) is 1. The number of hydrogen-bond donors (Lipinski definition) is 2. The number of Topliss-reactive ketones (excluding diaryl/α,β-unsaturated/α-hetero) is 1.